The third-order valence-electron chi connectivity index (χ3n) is 4.88. The lowest BCUT2D eigenvalue weighted by Crippen LogP contribution is -2.37. The van der Waals surface area contributed by atoms with E-state index in [0.29, 0.717) is 0 Å². The topological polar surface area (TPSA) is 74.4 Å². The first-order valence-electron chi connectivity index (χ1n) is 8.89. The molecular formula is C17H29N5O2. The van der Waals surface area contributed by atoms with Crippen molar-refractivity contribution in [3.8, 4) is 0 Å². The van der Waals surface area contributed by atoms with Gasteiger partial charge in [0.2, 0.25) is 0 Å². The Morgan fingerprint density at radius 1 is 1.29 bits per heavy atom. The maximum Gasteiger partial charge on any atom is 0.410 e. The van der Waals surface area contributed by atoms with E-state index in [1.165, 1.54) is 0 Å². The van der Waals surface area contributed by atoms with E-state index in [-0.39, 0.29) is 11.5 Å². The number of hydrogen-bond donors (Lipinski definition) is 1. The Bertz CT molecular complexity index is 594. The van der Waals surface area contributed by atoms with Crippen molar-refractivity contribution in [1.29, 1.82) is 0 Å². The number of carbonyl (C=O) groups is 1. The van der Waals surface area contributed by atoms with Gasteiger partial charge in [-0.1, -0.05) is 6.92 Å². The van der Waals surface area contributed by atoms with Crippen LogP contribution < -0.4 is 0 Å². The first-order chi connectivity index (χ1) is 11.3. The summed E-state index contributed by atoms with van der Waals surface area (Å²) in [6.45, 7) is 12.3. The molecule has 1 aromatic heterocycles. The van der Waals surface area contributed by atoms with Gasteiger partial charge in [0.15, 0.2) is 0 Å². The summed E-state index contributed by atoms with van der Waals surface area (Å²) in [4.78, 5) is 21.1. The second kappa shape index (κ2) is 6.35. The van der Waals surface area contributed by atoms with Crippen molar-refractivity contribution < 1.29 is 9.53 Å². The maximum atomic E-state index is 12.3. The van der Waals surface area contributed by atoms with Crippen LogP contribution in [-0.2, 0) is 17.7 Å². The fourth-order valence-corrected chi connectivity index (χ4v) is 3.69. The molecule has 1 atom stereocenters. The summed E-state index contributed by atoms with van der Waals surface area (Å²) in [5.74, 6) is 1.81. The van der Waals surface area contributed by atoms with Gasteiger partial charge in [-0.2, -0.15) is 5.10 Å². The highest BCUT2D eigenvalue weighted by Crippen LogP contribution is 2.40. The molecule has 2 aliphatic heterocycles. The lowest BCUT2D eigenvalue weighted by molar-refractivity contribution is 0.0274. The first-order valence-corrected chi connectivity index (χ1v) is 8.89. The normalized spacial score (nSPS) is 24.9. The van der Waals surface area contributed by atoms with Gasteiger partial charge in [-0.25, -0.2) is 9.78 Å². The fourth-order valence-electron chi connectivity index (χ4n) is 3.69. The maximum absolute atomic E-state index is 12.3. The molecule has 2 aliphatic rings. The van der Waals surface area contributed by atoms with Crippen molar-refractivity contribution in [3.05, 3.63) is 11.6 Å². The Hall–Kier alpha value is -1.63. The summed E-state index contributed by atoms with van der Waals surface area (Å²) in [5.41, 5.74) is -0.220. The number of hydrogen-bond acceptors (Lipinski definition) is 5. The molecule has 7 nitrogen and oxygen atoms in total. The van der Waals surface area contributed by atoms with E-state index in [4.69, 9.17) is 4.74 Å². The molecule has 1 aromatic rings. The largest absolute Gasteiger partial charge is 0.444 e. The van der Waals surface area contributed by atoms with Gasteiger partial charge < -0.3 is 9.64 Å². The Morgan fingerprint density at radius 3 is 2.71 bits per heavy atom. The minimum atomic E-state index is -0.433. The summed E-state index contributed by atoms with van der Waals surface area (Å²) >= 11 is 0. The third kappa shape index (κ3) is 3.88. The highest BCUT2D eigenvalue weighted by Gasteiger charge is 2.45. The van der Waals surface area contributed by atoms with E-state index in [9.17, 15) is 4.79 Å². The van der Waals surface area contributed by atoms with Crippen LogP contribution in [0.15, 0.2) is 0 Å². The molecular weight excluding hydrogens is 306 g/mol. The molecule has 24 heavy (non-hydrogen) atoms. The fraction of sp³-hybridized carbons (Fsp3) is 0.824. The van der Waals surface area contributed by atoms with Gasteiger partial charge in [-0.05, 0) is 40.2 Å². The van der Waals surface area contributed by atoms with Crippen molar-refractivity contribution in [2.45, 2.75) is 59.1 Å². The zero-order chi connectivity index (χ0) is 17.4. The van der Waals surface area contributed by atoms with Crippen LogP contribution >= 0.6 is 0 Å². The molecule has 0 bridgehead atoms. The van der Waals surface area contributed by atoms with Crippen LogP contribution in [0.25, 0.3) is 0 Å². The highest BCUT2D eigenvalue weighted by molar-refractivity contribution is 5.68. The quantitative estimate of drug-likeness (QED) is 0.916. The van der Waals surface area contributed by atoms with Crippen LogP contribution in [0.4, 0.5) is 4.79 Å². The van der Waals surface area contributed by atoms with Gasteiger partial charge in [-0.15, -0.1) is 0 Å². The zero-order valence-corrected chi connectivity index (χ0v) is 15.3. The first kappa shape index (κ1) is 17.2. The smallest absolute Gasteiger partial charge is 0.410 e. The average molecular weight is 335 g/mol. The average Bonchev–Trinajstić information content (AvgIpc) is 3.19. The predicted octanol–water partition coefficient (Wildman–Crippen LogP) is 2.20. The van der Waals surface area contributed by atoms with Crippen LogP contribution in [-0.4, -0.2) is 62.9 Å². The zero-order valence-electron chi connectivity index (χ0n) is 15.3. The summed E-state index contributed by atoms with van der Waals surface area (Å²) in [6, 6.07) is 0. The summed E-state index contributed by atoms with van der Waals surface area (Å²) in [7, 11) is 0. The van der Waals surface area contributed by atoms with Gasteiger partial charge in [0, 0.05) is 31.5 Å². The van der Waals surface area contributed by atoms with E-state index in [1.54, 1.807) is 0 Å². The molecule has 2 saturated heterocycles. The summed E-state index contributed by atoms with van der Waals surface area (Å²) in [5, 5.41) is 7.23. The second-order valence-electron chi connectivity index (χ2n) is 8.16. The minimum Gasteiger partial charge on any atom is -0.444 e. The number of H-pyrrole nitrogens is 1. The Kier molecular flexibility index (Phi) is 4.55. The number of aromatic amines is 1. The van der Waals surface area contributed by atoms with Gasteiger partial charge >= 0.3 is 6.09 Å². The van der Waals surface area contributed by atoms with Crippen LogP contribution in [0.2, 0.25) is 0 Å². The minimum absolute atomic E-state index is 0.180. The van der Waals surface area contributed by atoms with Gasteiger partial charge in [0.1, 0.15) is 17.2 Å². The number of carbonyl (C=O) groups excluding carboxylic acids is 1. The van der Waals surface area contributed by atoms with Crippen LogP contribution in [0.5, 0.6) is 0 Å². The molecule has 0 unspecified atom stereocenters. The lowest BCUT2D eigenvalue weighted by Gasteiger charge is -2.27. The van der Waals surface area contributed by atoms with Crippen molar-refractivity contribution in [2.75, 3.05) is 26.2 Å². The molecule has 2 fully saturated rings. The molecule has 0 aromatic carbocycles. The van der Waals surface area contributed by atoms with Crippen molar-refractivity contribution in [2.24, 2.45) is 5.41 Å². The molecule has 1 spiro atoms. The van der Waals surface area contributed by atoms with Gasteiger partial charge in [0.05, 0.1) is 6.54 Å². The van der Waals surface area contributed by atoms with E-state index < -0.39 is 5.60 Å². The number of nitrogens with zero attached hydrogens (tertiary/aromatic N) is 4. The molecule has 0 saturated carbocycles. The van der Waals surface area contributed by atoms with E-state index in [0.717, 1.165) is 63.6 Å². The Morgan fingerprint density at radius 2 is 2.04 bits per heavy atom. The highest BCUT2D eigenvalue weighted by atomic mass is 16.6. The number of aryl methyl sites for hydroxylation is 1. The Balaban J connectivity index is 1.54. The number of amides is 1. The summed E-state index contributed by atoms with van der Waals surface area (Å²) in [6.07, 6.45) is 2.85. The van der Waals surface area contributed by atoms with Crippen molar-refractivity contribution in [1.82, 2.24) is 25.0 Å². The molecule has 7 heteroatoms. The SMILES string of the molecule is CCc1n[nH]c(CN2CC[C@@]3(CCN(C(=O)OC(C)(C)C)C3)C2)n1. The van der Waals surface area contributed by atoms with Crippen molar-refractivity contribution >= 4 is 6.09 Å². The number of aromatic nitrogens is 3. The standard InChI is InChI=1S/C17H29N5O2/c1-5-13-18-14(20-19-13)10-21-8-6-17(11-21)7-9-22(12-17)15(23)24-16(2,3)4/h5-12H2,1-4H3,(H,18,19,20)/t17-/m1/s1. The van der Waals surface area contributed by atoms with Crippen LogP contribution in [0.1, 0.15) is 52.2 Å². The van der Waals surface area contributed by atoms with E-state index >= 15 is 0 Å². The Labute approximate surface area is 143 Å². The van der Waals surface area contributed by atoms with Crippen LogP contribution in [0, 0.1) is 5.41 Å². The van der Waals surface area contributed by atoms with Gasteiger partial charge in [0.25, 0.3) is 0 Å². The molecule has 1 N–H and O–H groups in total. The second-order valence-corrected chi connectivity index (χ2v) is 8.16. The molecule has 0 aliphatic carbocycles. The number of rotatable bonds is 3. The van der Waals surface area contributed by atoms with Crippen molar-refractivity contribution in [3.63, 3.8) is 0 Å². The number of ether oxygens (including phenoxy) is 1. The van der Waals surface area contributed by atoms with Gasteiger partial charge in [-0.3, -0.25) is 10.00 Å². The molecule has 0 radical (unpaired) electrons. The predicted molar refractivity (Wildman–Crippen MR) is 90.5 cm³/mol. The molecule has 3 rings (SSSR count). The number of nitrogens with one attached hydrogen (secondary N) is 1. The van der Waals surface area contributed by atoms with E-state index in [1.807, 2.05) is 25.7 Å². The molecule has 1 amide bonds. The third-order valence-corrected chi connectivity index (χ3v) is 4.88. The number of likely N-dealkylation sites (tertiary alicyclic amines) is 2. The molecule has 3 heterocycles. The van der Waals surface area contributed by atoms with E-state index in [2.05, 4.69) is 27.0 Å². The van der Waals surface area contributed by atoms with Crippen LogP contribution in [0.3, 0.4) is 0 Å². The molecule has 134 valence electrons. The lowest BCUT2D eigenvalue weighted by atomic mass is 9.86. The summed E-state index contributed by atoms with van der Waals surface area (Å²) < 4.78 is 5.51. The monoisotopic (exact) mass is 335 g/mol.